The van der Waals surface area contributed by atoms with Gasteiger partial charge in [-0.15, -0.1) is 0 Å². The van der Waals surface area contributed by atoms with E-state index < -0.39 is 0 Å². The molecule has 3 rings (SSSR count). The van der Waals surface area contributed by atoms with Crippen LogP contribution in [-0.4, -0.2) is 44.0 Å². The lowest BCUT2D eigenvalue weighted by Crippen LogP contribution is -2.71. The predicted octanol–water partition coefficient (Wildman–Crippen LogP) is 1.09. The molecule has 1 aliphatic rings. The number of methoxy groups -OCH3 is 2. The molecule has 0 aliphatic carbocycles. The Bertz CT molecular complexity index is 813. The molecule has 2 aromatic rings. The van der Waals surface area contributed by atoms with Crippen molar-refractivity contribution >= 4 is 17.8 Å². The highest BCUT2D eigenvalue weighted by Crippen LogP contribution is 2.28. The third-order valence-corrected chi connectivity index (χ3v) is 4.04. The third kappa shape index (κ3) is 3.71. The lowest BCUT2D eigenvalue weighted by Gasteiger charge is -2.09. The van der Waals surface area contributed by atoms with Crippen molar-refractivity contribution in [3.8, 4) is 11.5 Å². The van der Waals surface area contributed by atoms with E-state index in [9.17, 15) is 4.79 Å². The van der Waals surface area contributed by atoms with Gasteiger partial charge in [-0.2, -0.15) is 4.90 Å². The van der Waals surface area contributed by atoms with Gasteiger partial charge in [-0.05, 0) is 35.9 Å². The zero-order chi connectivity index (χ0) is 17.6. The Balaban J connectivity index is 1.76. The van der Waals surface area contributed by atoms with E-state index >= 15 is 0 Å². The quantitative estimate of drug-likeness (QED) is 0.831. The number of amides is 1. The summed E-state index contributed by atoms with van der Waals surface area (Å²) in [5, 5.41) is 0. The van der Waals surface area contributed by atoms with Gasteiger partial charge in [-0.25, -0.2) is 4.79 Å². The molecular formula is C20H21N2O3+. The van der Waals surface area contributed by atoms with Crippen LogP contribution >= 0.6 is 0 Å². The molecule has 0 spiro atoms. The summed E-state index contributed by atoms with van der Waals surface area (Å²) < 4.78 is 10.5. The van der Waals surface area contributed by atoms with E-state index in [1.54, 1.807) is 31.3 Å². The zero-order valence-corrected chi connectivity index (χ0v) is 14.4. The van der Waals surface area contributed by atoms with Crippen molar-refractivity contribution in [2.45, 2.75) is 0 Å². The highest BCUT2D eigenvalue weighted by atomic mass is 16.5. The van der Waals surface area contributed by atoms with Crippen LogP contribution in [0.2, 0.25) is 0 Å². The highest BCUT2D eigenvalue weighted by Gasteiger charge is 2.31. The lowest BCUT2D eigenvalue weighted by atomic mass is 10.1. The number of hydrogen-bond acceptors (Lipinski definition) is 3. The SMILES string of the molecule is COc1ccc(C=CC(=O)N2CC[NH+]=C2c2ccccc2)cc1OC. The molecule has 5 nitrogen and oxygen atoms in total. The molecule has 1 aliphatic heterocycles. The summed E-state index contributed by atoms with van der Waals surface area (Å²) in [5.74, 6) is 2.09. The van der Waals surface area contributed by atoms with Crippen molar-refractivity contribution in [1.29, 1.82) is 0 Å². The lowest BCUT2D eigenvalue weighted by molar-refractivity contribution is -0.444. The van der Waals surface area contributed by atoms with Gasteiger partial charge in [0.15, 0.2) is 11.5 Å². The van der Waals surface area contributed by atoms with Gasteiger partial charge in [0, 0.05) is 6.08 Å². The average molecular weight is 337 g/mol. The van der Waals surface area contributed by atoms with E-state index in [1.165, 1.54) is 0 Å². The standard InChI is InChI=1S/C20H20N2O3/c1-24-17-10-8-15(14-18(17)25-2)9-11-19(23)22-13-12-21-20(22)16-6-4-3-5-7-16/h3-11,14H,12-13H2,1-2H3/p+1. The fourth-order valence-electron chi connectivity index (χ4n) is 2.78. The second kappa shape index (κ2) is 7.66. The second-order valence-corrected chi connectivity index (χ2v) is 5.58. The molecule has 5 heteroatoms. The van der Waals surface area contributed by atoms with Gasteiger partial charge >= 0.3 is 5.91 Å². The summed E-state index contributed by atoms with van der Waals surface area (Å²) in [7, 11) is 3.19. The first kappa shape index (κ1) is 16.8. The molecule has 0 radical (unpaired) electrons. The largest absolute Gasteiger partial charge is 0.493 e. The topological polar surface area (TPSA) is 52.7 Å². The van der Waals surface area contributed by atoms with E-state index in [2.05, 4.69) is 4.99 Å². The average Bonchev–Trinajstić information content (AvgIpc) is 3.16. The molecule has 1 heterocycles. The monoisotopic (exact) mass is 337 g/mol. The molecule has 1 N–H and O–H groups in total. The fourth-order valence-corrected chi connectivity index (χ4v) is 2.78. The van der Waals surface area contributed by atoms with Crippen molar-refractivity contribution in [3.05, 3.63) is 65.7 Å². The van der Waals surface area contributed by atoms with Crippen LogP contribution in [0.15, 0.2) is 54.6 Å². The van der Waals surface area contributed by atoms with Crippen LogP contribution in [0.1, 0.15) is 11.1 Å². The van der Waals surface area contributed by atoms with E-state index in [1.807, 2.05) is 48.5 Å². The first-order valence-corrected chi connectivity index (χ1v) is 8.11. The summed E-state index contributed by atoms with van der Waals surface area (Å²) in [5.41, 5.74) is 1.88. The molecule has 128 valence electrons. The first-order valence-electron chi connectivity index (χ1n) is 8.11. The maximum Gasteiger partial charge on any atom is 0.334 e. The van der Waals surface area contributed by atoms with E-state index in [-0.39, 0.29) is 5.91 Å². The summed E-state index contributed by atoms with van der Waals surface area (Å²) in [6, 6.07) is 15.4. The Morgan fingerprint density at radius 2 is 1.84 bits per heavy atom. The molecule has 2 aromatic carbocycles. The number of benzene rings is 2. The smallest absolute Gasteiger partial charge is 0.334 e. The van der Waals surface area contributed by atoms with Gasteiger partial charge in [-0.3, -0.25) is 4.99 Å². The van der Waals surface area contributed by atoms with Gasteiger partial charge in [0.25, 0.3) is 5.84 Å². The molecule has 0 saturated carbocycles. The number of amidine groups is 1. The Morgan fingerprint density at radius 3 is 2.56 bits per heavy atom. The Morgan fingerprint density at radius 1 is 1.08 bits per heavy atom. The van der Waals surface area contributed by atoms with Crippen LogP contribution in [0.5, 0.6) is 11.5 Å². The van der Waals surface area contributed by atoms with Crippen molar-refractivity contribution in [2.75, 3.05) is 27.3 Å². The van der Waals surface area contributed by atoms with Gasteiger partial charge in [0.2, 0.25) is 0 Å². The summed E-state index contributed by atoms with van der Waals surface area (Å²) in [4.78, 5) is 17.6. The minimum Gasteiger partial charge on any atom is -0.493 e. The van der Waals surface area contributed by atoms with Crippen LogP contribution in [0, 0.1) is 0 Å². The Labute approximate surface area is 147 Å². The Kier molecular flexibility index (Phi) is 5.14. The van der Waals surface area contributed by atoms with Crippen molar-refractivity contribution in [2.24, 2.45) is 0 Å². The molecule has 25 heavy (non-hydrogen) atoms. The zero-order valence-electron chi connectivity index (χ0n) is 14.4. The molecule has 0 aromatic heterocycles. The van der Waals surface area contributed by atoms with Crippen molar-refractivity contribution in [3.63, 3.8) is 0 Å². The first-order chi connectivity index (χ1) is 12.2. The van der Waals surface area contributed by atoms with Crippen molar-refractivity contribution < 1.29 is 19.3 Å². The second-order valence-electron chi connectivity index (χ2n) is 5.58. The molecule has 0 bridgehead atoms. The fraction of sp³-hybridized carbons (Fsp3) is 0.200. The van der Waals surface area contributed by atoms with Gasteiger partial charge in [-0.1, -0.05) is 24.3 Å². The number of hydrogen-bond donors (Lipinski definition) is 1. The van der Waals surface area contributed by atoms with E-state index in [4.69, 9.17) is 9.47 Å². The summed E-state index contributed by atoms with van der Waals surface area (Å²) in [6.07, 6.45) is 3.36. The maximum atomic E-state index is 12.6. The van der Waals surface area contributed by atoms with Crippen LogP contribution in [-0.2, 0) is 4.79 Å². The third-order valence-electron chi connectivity index (χ3n) is 4.04. The molecule has 0 unspecified atom stereocenters. The number of nitrogens with zero attached hydrogens (tertiary/aromatic N) is 1. The van der Waals surface area contributed by atoms with Crippen LogP contribution in [0.4, 0.5) is 0 Å². The van der Waals surface area contributed by atoms with Crippen LogP contribution < -0.4 is 14.5 Å². The number of nitrogens with one attached hydrogen (secondary N) is 1. The number of carbonyl (C=O) groups excluding carboxylic acids is 1. The van der Waals surface area contributed by atoms with Gasteiger partial charge < -0.3 is 9.47 Å². The predicted molar refractivity (Wildman–Crippen MR) is 96.7 cm³/mol. The number of ether oxygens (including phenoxy) is 2. The van der Waals surface area contributed by atoms with Crippen LogP contribution in [0.3, 0.4) is 0 Å². The highest BCUT2D eigenvalue weighted by molar-refractivity contribution is 6.09. The Hall–Kier alpha value is -3.08. The molecule has 0 fully saturated rings. The van der Waals surface area contributed by atoms with E-state index in [0.29, 0.717) is 18.0 Å². The molecule has 1 amide bonds. The minimum absolute atomic E-state index is 0.0568. The summed E-state index contributed by atoms with van der Waals surface area (Å²) in [6.45, 7) is 1.40. The normalized spacial score (nSPS) is 13.8. The van der Waals surface area contributed by atoms with E-state index in [0.717, 1.165) is 23.5 Å². The maximum absolute atomic E-state index is 12.6. The molecule has 0 atom stereocenters. The minimum atomic E-state index is -0.0568. The van der Waals surface area contributed by atoms with Gasteiger partial charge in [0.05, 0.1) is 19.8 Å². The van der Waals surface area contributed by atoms with Crippen LogP contribution in [0.25, 0.3) is 6.08 Å². The summed E-state index contributed by atoms with van der Waals surface area (Å²) >= 11 is 0. The van der Waals surface area contributed by atoms with Gasteiger partial charge in [0.1, 0.15) is 13.1 Å². The van der Waals surface area contributed by atoms with Crippen molar-refractivity contribution in [1.82, 2.24) is 4.90 Å². The molecule has 0 saturated heterocycles. The molecular weight excluding hydrogens is 316 g/mol. The number of rotatable bonds is 5. The number of carbonyl (C=O) groups is 1.